The van der Waals surface area contributed by atoms with Gasteiger partial charge in [0.1, 0.15) is 0 Å². The number of methoxy groups -OCH3 is 4. The first-order valence-electron chi connectivity index (χ1n) is 7.10. The van der Waals surface area contributed by atoms with E-state index in [1.165, 1.54) is 34.5 Å². The summed E-state index contributed by atoms with van der Waals surface area (Å²) in [6.45, 7) is 0. The molecular weight excluding hydrogens is 312 g/mol. The van der Waals surface area contributed by atoms with Gasteiger partial charge in [0.2, 0.25) is 0 Å². The van der Waals surface area contributed by atoms with E-state index in [1.807, 2.05) is 18.2 Å². The molecule has 0 N–H and O–H groups in total. The summed E-state index contributed by atoms with van der Waals surface area (Å²) in [6.07, 6.45) is 0. The first kappa shape index (κ1) is 17.3. The minimum Gasteiger partial charge on any atom is -0.493 e. The van der Waals surface area contributed by atoms with Gasteiger partial charge in [-0.25, -0.2) is 9.59 Å². The molecule has 0 bridgehead atoms. The van der Waals surface area contributed by atoms with Crippen LogP contribution in [0, 0.1) is 0 Å². The van der Waals surface area contributed by atoms with Crippen molar-refractivity contribution >= 4 is 11.9 Å². The zero-order valence-electron chi connectivity index (χ0n) is 13.9. The van der Waals surface area contributed by atoms with Crippen molar-refractivity contribution in [2.24, 2.45) is 0 Å². The number of esters is 2. The Morgan fingerprint density at radius 1 is 0.833 bits per heavy atom. The molecule has 0 aliphatic carbocycles. The third-order valence-electron chi connectivity index (χ3n) is 3.53. The zero-order valence-corrected chi connectivity index (χ0v) is 13.9. The maximum atomic E-state index is 12.4. The highest BCUT2D eigenvalue weighted by molar-refractivity contribution is 6.09. The van der Waals surface area contributed by atoms with Crippen molar-refractivity contribution < 1.29 is 28.5 Å². The van der Waals surface area contributed by atoms with Crippen LogP contribution in [0.4, 0.5) is 0 Å². The van der Waals surface area contributed by atoms with E-state index in [4.69, 9.17) is 18.9 Å². The maximum absolute atomic E-state index is 12.4. The van der Waals surface area contributed by atoms with Crippen molar-refractivity contribution in [1.29, 1.82) is 0 Å². The summed E-state index contributed by atoms with van der Waals surface area (Å²) < 4.78 is 20.4. The molecule has 6 heteroatoms. The number of ether oxygens (including phenoxy) is 4. The zero-order chi connectivity index (χ0) is 17.7. The van der Waals surface area contributed by atoms with E-state index in [2.05, 4.69) is 0 Å². The van der Waals surface area contributed by atoms with E-state index in [0.29, 0.717) is 22.6 Å². The molecule has 0 radical (unpaired) electrons. The van der Waals surface area contributed by atoms with Gasteiger partial charge in [0.05, 0.1) is 39.6 Å². The largest absolute Gasteiger partial charge is 0.493 e. The Morgan fingerprint density at radius 3 is 1.96 bits per heavy atom. The monoisotopic (exact) mass is 330 g/mol. The van der Waals surface area contributed by atoms with Crippen LogP contribution < -0.4 is 9.47 Å². The van der Waals surface area contributed by atoms with Crippen LogP contribution in [0.2, 0.25) is 0 Å². The lowest BCUT2D eigenvalue weighted by atomic mass is 9.93. The Bertz CT molecular complexity index is 752. The summed E-state index contributed by atoms with van der Waals surface area (Å²) in [5, 5.41) is 0. The van der Waals surface area contributed by atoms with Gasteiger partial charge in [-0.05, 0) is 11.6 Å². The van der Waals surface area contributed by atoms with Gasteiger partial charge in [-0.1, -0.05) is 30.3 Å². The molecule has 0 saturated heterocycles. The van der Waals surface area contributed by atoms with Gasteiger partial charge in [0.25, 0.3) is 0 Å². The summed E-state index contributed by atoms with van der Waals surface area (Å²) in [5.74, 6) is -0.704. The highest BCUT2D eigenvalue weighted by Gasteiger charge is 2.29. The van der Waals surface area contributed by atoms with E-state index in [9.17, 15) is 9.59 Å². The van der Waals surface area contributed by atoms with Gasteiger partial charge in [0.15, 0.2) is 11.5 Å². The molecule has 0 aliphatic rings. The van der Waals surface area contributed by atoms with E-state index in [1.54, 1.807) is 12.1 Å². The van der Waals surface area contributed by atoms with Crippen molar-refractivity contribution in [1.82, 2.24) is 0 Å². The van der Waals surface area contributed by atoms with Gasteiger partial charge in [-0.15, -0.1) is 0 Å². The summed E-state index contributed by atoms with van der Waals surface area (Å²) in [7, 11) is 5.39. The highest BCUT2D eigenvalue weighted by Crippen LogP contribution is 2.43. The lowest BCUT2D eigenvalue weighted by molar-refractivity contribution is 0.0555. The van der Waals surface area contributed by atoms with Crippen LogP contribution in [0.3, 0.4) is 0 Å². The van der Waals surface area contributed by atoms with Crippen LogP contribution in [0.1, 0.15) is 20.7 Å². The molecule has 0 fully saturated rings. The predicted molar refractivity (Wildman–Crippen MR) is 87.7 cm³/mol. The minimum atomic E-state index is -0.673. The third-order valence-corrected chi connectivity index (χ3v) is 3.53. The maximum Gasteiger partial charge on any atom is 0.339 e. The van der Waals surface area contributed by atoms with Crippen LogP contribution >= 0.6 is 0 Å². The standard InChI is InChI=1S/C18H18O6/c1-21-13-10-12(17(19)23-3)15(18(20)24-4)14(16(13)22-2)11-8-6-5-7-9-11/h5-10H,1-4H3. The third kappa shape index (κ3) is 3.03. The van der Waals surface area contributed by atoms with E-state index < -0.39 is 11.9 Å². The van der Waals surface area contributed by atoms with E-state index in [-0.39, 0.29) is 11.1 Å². The molecule has 0 heterocycles. The quantitative estimate of drug-likeness (QED) is 0.785. The normalized spacial score (nSPS) is 10.0. The van der Waals surface area contributed by atoms with Crippen molar-refractivity contribution in [3.05, 3.63) is 47.5 Å². The van der Waals surface area contributed by atoms with E-state index >= 15 is 0 Å². The molecule has 24 heavy (non-hydrogen) atoms. The molecule has 0 aromatic heterocycles. The van der Waals surface area contributed by atoms with Crippen LogP contribution in [0.15, 0.2) is 36.4 Å². The number of hydrogen-bond acceptors (Lipinski definition) is 6. The topological polar surface area (TPSA) is 71.1 Å². The summed E-state index contributed by atoms with van der Waals surface area (Å²) in [5.41, 5.74) is 1.19. The minimum absolute atomic E-state index is 0.0425. The average Bonchev–Trinajstić information content (AvgIpc) is 2.65. The van der Waals surface area contributed by atoms with Gasteiger partial charge >= 0.3 is 11.9 Å². The first-order chi connectivity index (χ1) is 11.6. The summed E-state index contributed by atoms with van der Waals surface area (Å²) >= 11 is 0. The molecule has 0 amide bonds. The van der Waals surface area contributed by atoms with Gasteiger partial charge in [-0.3, -0.25) is 0 Å². The van der Waals surface area contributed by atoms with Crippen LogP contribution in [0.5, 0.6) is 11.5 Å². The second-order valence-corrected chi connectivity index (χ2v) is 4.76. The van der Waals surface area contributed by atoms with Crippen LogP contribution in [0.25, 0.3) is 11.1 Å². The molecule has 126 valence electrons. The van der Waals surface area contributed by atoms with E-state index in [0.717, 1.165) is 0 Å². The van der Waals surface area contributed by atoms with Gasteiger partial charge < -0.3 is 18.9 Å². The lowest BCUT2D eigenvalue weighted by Gasteiger charge is -2.19. The number of rotatable bonds is 5. The number of hydrogen-bond donors (Lipinski definition) is 0. The molecule has 0 aliphatic heterocycles. The number of carbonyl (C=O) groups excluding carboxylic acids is 2. The van der Waals surface area contributed by atoms with Crippen molar-refractivity contribution in [2.75, 3.05) is 28.4 Å². The highest BCUT2D eigenvalue weighted by atomic mass is 16.5. The molecule has 0 atom stereocenters. The predicted octanol–water partition coefficient (Wildman–Crippen LogP) is 2.94. The summed E-state index contributed by atoms with van der Waals surface area (Å²) in [6, 6.07) is 10.5. The summed E-state index contributed by atoms with van der Waals surface area (Å²) in [4.78, 5) is 24.6. The van der Waals surface area contributed by atoms with Crippen molar-refractivity contribution in [3.63, 3.8) is 0 Å². The Hall–Kier alpha value is -3.02. The molecule has 0 spiro atoms. The fraction of sp³-hybridized carbons (Fsp3) is 0.222. The Labute approximate surface area is 139 Å². The second kappa shape index (κ2) is 7.50. The Balaban J connectivity index is 2.95. The molecule has 6 nitrogen and oxygen atoms in total. The molecule has 2 rings (SSSR count). The van der Waals surface area contributed by atoms with Gasteiger partial charge in [-0.2, -0.15) is 0 Å². The molecule has 0 saturated carbocycles. The molecule has 0 unspecified atom stereocenters. The molecular formula is C18H18O6. The van der Waals surface area contributed by atoms with Crippen LogP contribution in [-0.2, 0) is 9.47 Å². The van der Waals surface area contributed by atoms with Gasteiger partial charge in [0, 0.05) is 5.56 Å². The lowest BCUT2D eigenvalue weighted by Crippen LogP contribution is -2.15. The Kier molecular flexibility index (Phi) is 5.42. The number of carbonyl (C=O) groups is 2. The molecule has 2 aromatic rings. The van der Waals surface area contributed by atoms with Crippen molar-refractivity contribution in [3.8, 4) is 22.6 Å². The molecule has 2 aromatic carbocycles. The van der Waals surface area contributed by atoms with Crippen LogP contribution in [-0.4, -0.2) is 40.4 Å². The SMILES string of the molecule is COC(=O)c1cc(OC)c(OC)c(-c2ccccc2)c1C(=O)OC. The number of benzene rings is 2. The smallest absolute Gasteiger partial charge is 0.339 e. The first-order valence-corrected chi connectivity index (χ1v) is 7.10. The fourth-order valence-electron chi connectivity index (χ4n) is 2.46. The second-order valence-electron chi connectivity index (χ2n) is 4.76. The average molecular weight is 330 g/mol. The fourth-order valence-corrected chi connectivity index (χ4v) is 2.46. The van der Waals surface area contributed by atoms with Crippen molar-refractivity contribution in [2.45, 2.75) is 0 Å². The Morgan fingerprint density at radius 2 is 1.46 bits per heavy atom.